The van der Waals surface area contributed by atoms with Gasteiger partial charge in [-0.05, 0) is 46.9 Å². The summed E-state index contributed by atoms with van der Waals surface area (Å²) in [6, 6.07) is 17.5. The van der Waals surface area contributed by atoms with Gasteiger partial charge in [-0.25, -0.2) is 4.79 Å². The highest BCUT2D eigenvalue weighted by Gasteiger charge is 2.47. The number of carbonyl (C=O) groups excluding carboxylic acids is 3. The Morgan fingerprint density at radius 3 is 2.16 bits per heavy atom. The number of hydrogen-bond acceptors (Lipinski definition) is 7. The number of ketones is 1. The molecule has 4 rings (SSSR count). The number of methoxy groups -OCH3 is 1. The number of nitro groups is 1. The minimum atomic E-state index is -1.02. The van der Waals surface area contributed by atoms with Crippen molar-refractivity contribution in [3.05, 3.63) is 111 Å². The van der Waals surface area contributed by atoms with Crippen LogP contribution in [-0.4, -0.2) is 34.8 Å². The lowest BCUT2D eigenvalue weighted by Gasteiger charge is -2.27. The number of aliphatic hydroxyl groups is 1. The lowest BCUT2D eigenvalue weighted by atomic mass is 9.85. The third-order valence-electron chi connectivity index (χ3n) is 6.43. The maximum atomic E-state index is 13.4. The van der Waals surface area contributed by atoms with E-state index in [1.807, 2.05) is 12.1 Å². The van der Waals surface area contributed by atoms with Crippen LogP contribution in [0.25, 0.3) is 5.76 Å². The minimum Gasteiger partial charge on any atom is -0.507 e. The van der Waals surface area contributed by atoms with Gasteiger partial charge in [0.05, 0.1) is 29.2 Å². The van der Waals surface area contributed by atoms with Crippen molar-refractivity contribution in [2.75, 3.05) is 12.0 Å². The molecular formula is C29H26N2O7. The summed E-state index contributed by atoms with van der Waals surface area (Å²) >= 11 is 0. The summed E-state index contributed by atoms with van der Waals surface area (Å²) in [4.78, 5) is 50.6. The van der Waals surface area contributed by atoms with Crippen LogP contribution in [-0.2, 0) is 19.7 Å². The molecule has 3 aromatic carbocycles. The number of anilines is 1. The summed E-state index contributed by atoms with van der Waals surface area (Å²) in [5.74, 6) is -2.88. The first kappa shape index (κ1) is 26.3. The molecular weight excluding hydrogens is 488 g/mol. The fraction of sp³-hybridized carbons (Fsp3) is 0.207. The molecule has 38 heavy (non-hydrogen) atoms. The van der Waals surface area contributed by atoms with E-state index in [2.05, 4.69) is 20.8 Å². The summed E-state index contributed by atoms with van der Waals surface area (Å²) in [6.45, 7) is 6.17. The third kappa shape index (κ3) is 4.78. The molecule has 1 atom stereocenters. The number of nitro benzene ring substituents is 1. The standard InChI is InChI=1S/C29H26N2O7/c1-29(2,3)20-12-8-17(9-13-20)24-23(25(32)18-10-14-21(15-11-18)31(36)37)26(33)27(34)30(24)22-7-5-6-19(16-22)28(35)38-4/h5-16,24,32H,1-4H3/b25-23+. The number of rotatable bonds is 5. The molecule has 0 spiro atoms. The van der Waals surface area contributed by atoms with E-state index in [0.29, 0.717) is 5.56 Å². The Labute approximate surface area is 219 Å². The zero-order chi connectivity index (χ0) is 27.8. The molecule has 9 heteroatoms. The van der Waals surface area contributed by atoms with Crippen molar-refractivity contribution in [3.63, 3.8) is 0 Å². The number of non-ortho nitro benzene ring substituents is 1. The molecule has 1 aliphatic heterocycles. The molecule has 1 fully saturated rings. The van der Waals surface area contributed by atoms with E-state index < -0.39 is 34.4 Å². The second-order valence-corrected chi connectivity index (χ2v) is 9.89. The summed E-state index contributed by atoms with van der Waals surface area (Å²) in [6.07, 6.45) is 0. The van der Waals surface area contributed by atoms with Gasteiger partial charge in [0.1, 0.15) is 5.76 Å². The van der Waals surface area contributed by atoms with Gasteiger partial charge < -0.3 is 9.84 Å². The molecule has 1 N–H and O–H groups in total. The number of carbonyl (C=O) groups is 3. The van der Waals surface area contributed by atoms with E-state index in [-0.39, 0.29) is 33.5 Å². The van der Waals surface area contributed by atoms with E-state index in [4.69, 9.17) is 4.74 Å². The molecule has 1 amide bonds. The van der Waals surface area contributed by atoms with Crippen molar-refractivity contribution in [2.24, 2.45) is 0 Å². The van der Waals surface area contributed by atoms with E-state index in [9.17, 15) is 29.6 Å². The highest BCUT2D eigenvalue weighted by Crippen LogP contribution is 2.43. The van der Waals surface area contributed by atoms with Crippen LogP contribution in [0, 0.1) is 10.1 Å². The molecule has 1 unspecified atom stereocenters. The summed E-state index contributed by atoms with van der Waals surface area (Å²) in [5.41, 5.74) is 1.69. The van der Waals surface area contributed by atoms with Crippen molar-refractivity contribution in [3.8, 4) is 0 Å². The Kier molecular flexibility index (Phi) is 6.87. The number of esters is 1. The lowest BCUT2D eigenvalue weighted by molar-refractivity contribution is -0.384. The normalized spacial score (nSPS) is 16.9. The van der Waals surface area contributed by atoms with Crippen molar-refractivity contribution in [1.29, 1.82) is 0 Å². The third-order valence-corrected chi connectivity index (χ3v) is 6.43. The van der Waals surface area contributed by atoms with E-state index in [1.54, 1.807) is 24.3 Å². The predicted octanol–water partition coefficient (Wildman–Crippen LogP) is 5.31. The number of benzene rings is 3. The van der Waals surface area contributed by atoms with Gasteiger partial charge in [-0.2, -0.15) is 0 Å². The molecule has 0 aromatic heterocycles. The SMILES string of the molecule is COC(=O)c1cccc(N2C(=O)C(=O)/C(=C(/O)c3ccc([N+](=O)[O-])cc3)C2c2ccc(C(C)(C)C)cc2)c1. The lowest BCUT2D eigenvalue weighted by Crippen LogP contribution is -2.29. The largest absolute Gasteiger partial charge is 0.507 e. The van der Waals surface area contributed by atoms with Crippen LogP contribution in [0.2, 0.25) is 0 Å². The smallest absolute Gasteiger partial charge is 0.337 e. The van der Waals surface area contributed by atoms with E-state index >= 15 is 0 Å². The number of nitrogens with zero attached hydrogens (tertiary/aromatic N) is 2. The Bertz CT molecular complexity index is 1470. The van der Waals surface area contributed by atoms with Gasteiger partial charge in [0, 0.05) is 23.4 Å². The quantitative estimate of drug-likeness (QED) is 0.122. The van der Waals surface area contributed by atoms with Crippen molar-refractivity contribution < 1.29 is 29.2 Å². The highest BCUT2D eigenvalue weighted by molar-refractivity contribution is 6.51. The van der Waals surface area contributed by atoms with Crippen LogP contribution < -0.4 is 4.90 Å². The number of Topliss-reactive ketones (excluding diaryl/α,β-unsaturated/α-hetero) is 1. The predicted molar refractivity (Wildman–Crippen MR) is 141 cm³/mol. The van der Waals surface area contributed by atoms with Crippen LogP contribution >= 0.6 is 0 Å². The fourth-order valence-electron chi connectivity index (χ4n) is 4.38. The Hall–Kier alpha value is -4.79. The van der Waals surface area contributed by atoms with Crippen LogP contribution in [0.1, 0.15) is 53.9 Å². The molecule has 1 saturated heterocycles. The monoisotopic (exact) mass is 514 g/mol. The molecule has 1 aliphatic rings. The fourth-order valence-corrected chi connectivity index (χ4v) is 4.38. The van der Waals surface area contributed by atoms with Gasteiger partial charge in [-0.15, -0.1) is 0 Å². The van der Waals surface area contributed by atoms with Gasteiger partial charge >= 0.3 is 5.97 Å². The Balaban J connectivity index is 1.92. The van der Waals surface area contributed by atoms with Gasteiger partial charge in [0.15, 0.2) is 0 Å². The van der Waals surface area contributed by atoms with Crippen LogP contribution in [0.5, 0.6) is 0 Å². The van der Waals surface area contributed by atoms with Gasteiger partial charge in [-0.1, -0.05) is 51.1 Å². The zero-order valence-corrected chi connectivity index (χ0v) is 21.3. The highest BCUT2D eigenvalue weighted by atomic mass is 16.6. The van der Waals surface area contributed by atoms with Crippen LogP contribution in [0.15, 0.2) is 78.4 Å². The Morgan fingerprint density at radius 2 is 1.61 bits per heavy atom. The average Bonchev–Trinajstić information content (AvgIpc) is 3.17. The summed E-state index contributed by atoms with van der Waals surface area (Å²) in [5, 5.41) is 22.3. The second kappa shape index (κ2) is 9.93. The van der Waals surface area contributed by atoms with Crippen molar-refractivity contribution in [1.82, 2.24) is 0 Å². The summed E-state index contributed by atoms with van der Waals surface area (Å²) in [7, 11) is 1.24. The molecule has 0 saturated carbocycles. The molecule has 0 radical (unpaired) electrons. The maximum Gasteiger partial charge on any atom is 0.337 e. The molecule has 1 heterocycles. The topological polar surface area (TPSA) is 127 Å². The summed E-state index contributed by atoms with van der Waals surface area (Å²) < 4.78 is 4.80. The number of ether oxygens (including phenoxy) is 1. The van der Waals surface area contributed by atoms with Crippen LogP contribution in [0.3, 0.4) is 0 Å². The minimum absolute atomic E-state index is 0.145. The molecule has 9 nitrogen and oxygen atoms in total. The number of aliphatic hydroxyl groups excluding tert-OH is 1. The Morgan fingerprint density at radius 1 is 0.974 bits per heavy atom. The molecule has 0 aliphatic carbocycles. The number of amides is 1. The van der Waals surface area contributed by atoms with E-state index in [1.165, 1.54) is 48.4 Å². The molecule has 0 bridgehead atoms. The first-order valence-corrected chi connectivity index (χ1v) is 11.8. The van der Waals surface area contributed by atoms with Crippen molar-refractivity contribution >= 4 is 34.8 Å². The molecule has 3 aromatic rings. The number of hydrogen-bond donors (Lipinski definition) is 1. The van der Waals surface area contributed by atoms with Gasteiger partial charge in [0.2, 0.25) is 0 Å². The van der Waals surface area contributed by atoms with E-state index in [0.717, 1.165) is 5.56 Å². The molecule has 194 valence electrons. The van der Waals surface area contributed by atoms with Gasteiger partial charge in [-0.3, -0.25) is 24.6 Å². The second-order valence-electron chi connectivity index (χ2n) is 9.89. The van der Waals surface area contributed by atoms with Crippen LogP contribution in [0.4, 0.5) is 11.4 Å². The zero-order valence-electron chi connectivity index (χ0n) is 21.3. The average molecular weight is 515 g/mol. The van der Waals surface area contributed by atoms with Crippen molar-refractivity contribution in [2.45, 2.75) is 32.2 Å². The first-order valence-electron chi connectivity index (χ1n) is 11.8. The van der Waals surface area contributed by atoms with Gasteiger partial charge in [0.25, 0.3) is 17.4 Å². The maximum absolute atomic E-state index is 13.4. The first-order chi connectivity index (χ1) is 17.9.